The Bertz CT molecular complexity index is 793. The summed E-state index contributed by atoms with van der Waals surface area (Å²) in [5.74, 6) is 0. The van der Waals surface area contributed by atoms with Crippen molar-refractivity contribution in [3.8, 4) is 0 Å². The smallest absolute Gasteiger partial charge is 0.137 e. The zero-order chi connectivity index (χ0) is 14.1. The van der Waals surface area contributed by atoms with E-state index in [-0.39, 0.29) is 1.43 Å². The highest BCUT2D eigenvalue weighted by Gasteiger charge is 2.06. The van der Waals surface area contributed by atoms with Gasteiger partial charge < -0.3 is 4.98 Å². The van der Waals surface area contributed by atoms with Crippen molar-refractivity contribution < 1.29 is 1.43 Å². The first-order chi connectivity index (χ1) is 9.67. The molecule has 0 amide bonds. The molecule has 2 radical (unpaired) electrons. The zero-order valence-electron chi connectivity index (χ0n) is 11.5. The van der Waals surface area contributed by atoms with Crippen molar-refractivity contribution in [3.05, 3.63) is 65.5 Å². The Morgan fingerprint density at radius 1 is 1.40 bits per heavy atom. The third kappa shape index (κ3) is 2.27. The van der Waals surface area contributed by atoms with Gasteiger partial charge in [-0.05, 0) is 35.6 Å². The molecule has 3 rings (SSSR count). The van der Waals surface area contributed by atoms with Crippen molar-refractivity contribution in [2.45, 2.75) is 13.3 Å². The summed E-state index contributed by atoms with van der Waals surface area (Å²) < 4.78 is 0. The van der Waals surface area contributed by atoms with Gasteiger partial charge in [-0.15, -0.1) is 0 Å². The number of hydrogen-bond donors (Lipinski definition) is 1. The molecule has 0 aliphatic carbocycles. The molecule has 20 heavy (non-hydrogen) atoms. The lowest BCUT2D eigenvalue weighted by atomic mass is 9.95. The molecular weight excluding hydrogens is 243 g/mol. The van der Waals surface area contributed by atoms with Gasteiger partial charge in [0.25, 0.3) is 0 Å². The lowest BCUT2D eigenvalue weighted by molar-refractivity contribution is 1.19. The Morgan fingerprint density at radius 2 is 2.25 bits per heavy atom. The number of nitrogens with one attached hydrogen (secondary N) is 1. The molecule has 0 spiro atoms. The number of hydrogen-bond acceptors (Lipinski definition) is 1. The fourth-order valence-corrected chi connectivity index (χ4v) is 2.46. The number of aryl methyl sites for hydroxylation is 1. The first-order valence-corrected chi connectivity index (χ1v) is 6.61. The van der Waals surface area contributed by atoms with E-state index in [2.05, 4.69) is 41.7 Å². The van der Waals surface area contributed by atoms with Crippen molar-refractivity contribution in [1.29, 1.82) is 0 Å². The molecule has 0 saturated carbocycles. The molecule has 2 heterocycles. The van der Waals surface area contributed by atoms with Gasteiger partial charge >= 0.3 is 0 Å². The van der Waals surface area contributed by atoms with Gasteiger partial charge in [0.05, 0.1) is 0 Å². The highest BCUT2D eigenvalue weighted by molar-refractivity contribution is 6.32. The van der Waals surface area contributed by atoms with Crippen molar-refractivity contribution in [1.82, 2.24) is 9.97 Å². The standard InChI is InChI=1S/C17H15BN2.H2/c1-3-13-6-12(5-4-11(13)2)7-14-9-19-17-16(14)8-15(18)10-20-17;/h3-6,8-10H,1,7H2,2H3,(H,19,20);1H. The third-order valence-corrected chi connectivity index (χ3v) is 3.60. The van der Waals surface area contributed by atoms with Crippen LogP contribution in [0.5, 0.6) is 0 Å². The van der Waals surface area contributed by atoms with Gasteiger partial charge in [-0.2, -0.15) is 0 Å². The average Bonchev–Trinajstić information content (AvgIpc) is 2.83. The average molecular weight is 260 g/mol. The Morgan fingerprint density at radius 3 is 3.05 bits per heavy atom. The van der Waals surface area contributed by atoms with Gasteiger partial charge in [0.15, 0.2) is 0 Å². The van der Waals surface area contributed by atoms with E-state index >= 15 is 0 Å². The first-order valence-electron chi connectivity index (χ1n) is 6.61. The predicted molar refractivity (Wildman–Crippen MR) is 87.7 cm³/mol. The summed E-state index contributed by atoms with van der Waals surface area (Å²) in [6, 6.07) is 8.44. The second-order valence-electron chi connectivity index (χ2n) is 5.05. The number of aromatic amines is 1. The monoisotopic (exact) mass is 260 g/mol. The fraction of sp³-hybridized carbons (Fsp3) is 0.118. The van der Waals surface area contributed by atoms with Gasteiger partial charge in [-0.1, -0.05) is 42.4 Å². The summed E-state index contributed by atoms with van der Waals surface area (Å²) in [4.78, 5) is 7.48. The van der Waals surface area contributed by atoms with E-state index in [0.717, 1.165) is 17.5 Å². The maximum absolute atomic E-state index is 5.82. The Hall–Kier alpha value is -2.29. The van der Waals surface area contributed by atoms with Gasteiger partial charge in [0.1, 0.15) is 13.5 Å². The molecule has 3 aromatic rings. The minimum Gasteiger partial charge on any atom is -0.346 e. The molecule has 0 aliphatic heterocycles. The van der Waals surface area contributed by atoms with Crippen LogP contribution in [0.1, 0.15) is 23.7 Å². The van der Waals surface area contributed by atoms with Crippen LogP contribution in [0.4, 0.5) is 0 Å². The van der Waals surface area contributed by atoms with E-state index < -0.39 is 0 Å². The molecule has 0 aliphatic rings. The number of H-pyrrole nitrogens is 1. The summed E-state index contributed by atoms with van der Waals surface area (Å²) in [5.41, 5.74) is 6.46. The van der Waals surface area contributed by atoms with Crippen LogP contribution in [0.2, 0.25) is 0 Å². The van der Waals surface area contributed by atoms with E-state index in [1.807, 2.05) is 18.3 Å². The van der Waals surface area contributed by atoms with Crippen LogP contribution in [0.15, 0.2) is 43.2 Å². The molecule has 1 aromatic carbocycles. The maximum Gasteiger partial charge on any atom is 0.137 e. The van der Waals surface area contributed by atoms with Crippen LogP contribution in [-0.2, 0) is 6.42 Å². The molecule has 2 nitrogen and oxygen atoms in total. The van der Waals surface area contributed by atoms with Gasteiger partial charge in [0, 0.05) is 19.2 Å². The summed E-state index contributed by atoms with van der Waals surface area (Å²) in [6.45, 7) is 5.95. The van der Waals surface area contributed by atoms with E-state index in [1.165, 1.54) is 22.3 Å². The molecular formula is C17H17BN2. The number of pyridine rings is 1. The fourth-order valence-electron chi connectivity index (χ4n) is 2.46. The Labute approximate surface area is 121 Å². The van der Waals surface area contributed by atoms with Crippen molar-refractivity contribution in [3.63, 3.8) is 0 Å². The number of aromatic nitrogens is 2. The lowest BCUT2D eigenvalue weighted by Crippen LogP contribution is -2.02. The normalized spacial score (nSPS) is 10.8. The topological polar surface area (TPSA) is 28.7 Å². The molecule has 1 N–H and O–H groups in total. The predicted octanol–water partition coefficient (Wildman–Crippen LogP) is 3.14. The molecule has 0 fully saturated rings. The Kier molecular flexibility index (Phi) is 3.19. The number of rotatable bonds is 3. The van der Waals surface area contributed by atoms with Crippen molar-refractivity contribution in [2.24, 2.45) is 0 Å². The van der Waals surface area contributed by atoms with Crippen LogP contribution < -0.4 is 5.46 Å². The van der Waals surface area contributed by atoms with Gasteiger partial charge in [-0.3, -0.25) is 0 Å². The van der Waals surface area contributed by atoms with E-state index in [4.69, 9.17) is 7.85 Å². The van der Waals surface area contributed by atoms with Gasteiger partial charge in [-0.25, -0.2) is 4.98 Å². The van der Waals surface area contributed by atoms with Crippen LogP contribution in [-0.4, -0.2) is 17.8 Å². The first kappa shape index (κ1) is 12.7. The number of benzene rings is 1. The molecule has 98 valence electrons. The van der Waals surface area contributed by atoms with Crippen LogP contribution in [0.3, 0.4) is 0 Å². The SMILES string of the molecule is [B]c1cnc2[nH]cc(Cc3ccc(C)c(C=C)c3)c2c1.[HH]. The molecule has 2 aromatic heterocycles. The second-order valence-corrected chi connectivity index (χ2v) is 5.05. The quantitative estimate of drug-likeness (QED) is 0.720. The van der Waals surface area contributed by atoms with Crippen molar-refractivity contribution >= 4 is 30.4 Å². The molecule has 0 unspecified atom stereocenters. The summed E-state index contributed by atoms with van der Waals surface area (Å²) in [7, 11) is 5.82. The van der Waals surface area contributed by atoms with Crippen LogP contribution >= 0.6 is 0 Å². The molecule has 0 saturated heterocycles. The maximum atomic E-state index is 5.82. The Balaban J connectivity index is 0.00000161. The number of fused-ring (bicyclic) bond motifs is 1. The van der Waals surface area contributed by atoms with E-state index in [1.54, 1.807) is 6.20 Å². The summed E-state index contributed by atoms with van der Waals surface area (Å²) >= 11 is 0. The largest absolute Gasteiger partial charge is 0.346 e. The van der Waals surface area contributed by atoms with Crippen LogP contribution in [0.25, 0.3) is 17.1 Å². The zero-order valence-corrected chi connectivity index (χ0v) is 11.5. The minimum atomic E-state index is 0. The van der Waals surface area contributed by atoms with Crippen molar-refractivity contribution in [2.75, 3.05) is 0 Å². The molecule has 0 atom stereocenters. The minimum absolute atomic E-state index is 0. The molecule has 0 bridgehead atoms. The summed E-state index contributed by atoms with van der Waals surface area (Å²) in [6.07, 6.45) is 6.43. The highest BCUT2D eigenvalue weighted by Crippen LogP contribution is 2.20. The number of nitrogens with zero attached hydrogens (tertiary/aromatic N) is 1. The lowest BCUT2D eigenvalue weighted by Gasteiger charge is -2.05. The third-order valence-electron chi connectivity index (χ3n) is 3.60. The summed E-state index contributed by atoms with van der Waals surface area (Å²) in [5, 5.41) is 1.09. The van der Waals surface area contributed by atoms with E-state index in [0.29, 0.717) is 5.46 Å². The second kappa shape index (κ2) is 5.01. The van der Waals surface area contributed by atoms with Gasteiger partial charge in [0.2, 0.25) is 0 Å². The van der Waals surface area contributed by atoms with Crippen LogP contribution in [0, 0.1) is 6.92 Å². The molecule has 3 heteroatoms. The van der Waals surface area contributed by atoms with E-state index in [9.17, 15) is 0 Å². The highest BCUT2D eigenvalue weighted by atomic mass is 14.8.